The molecule has 0 unspecified atom stereocenters. The van der Waals surface area contributed by atoms with E-state index in [1.54, 1.807) is 17.9 Å². The van der Waals surface area contributed by atoms with E-state index in [2.05, 4.69) is 4.98 Å². The molecule has 110 valence electrons. The van der Waals surface area contributed by atoms with E-state index in [1.165, 1.54) is 11.8 Å². The molecule has 6 heteroatoms. The van der Waals surface area contributed by atoms with Gasteiger partial charge in [-0.15, -0.1) is 0 Å². The molecule has 0 aliphatic carbocycles. The van der Waals surface area contributed by atoms with Crippen molar-refractivity contribution >= 4 is 23.6 Å². The fourth-order valence-corrected chi connectivity index (χ4v) is 3.01. The summed E-state index contributed by atoms with van der Waals surface area (Å²) in [7, 11) is 0. The lowest BCUT2D eigenvalue weighted by atomic mass is 10.1. The van der Waals surface area contributed by atoms with Gasteiger partial charge < -0.3 is 10.0 Å². The number of amides is 1. The zero-order valence-electron chi connectivity index (χ0n) is 12.3. The molecule has 0 spiro atoms. The van der Waals surface area contributed by atoms with Crippen LogP contribution in [0, 0.1) is 13.8 Å². The van der Waals surface area contributed by atoms with Crippen LogP contribution in [0.25, 0.3) is 0 Å². The third-order valence-corrected chi connectivity index (χ3v) is 3.93. The molecule has 0 saturated heterocycles. The minimum absolute atomic E-state index is 0.00250. The van der Waals surface area contributed by atoms with E-state index in [0.29, 0.717) is 23.7 Å². The van der Waals surface area contributed by atoms with Gasteiger partial charge in [0.05, 0.1) is 11.3 Å². The minimum Gasteiger partial charge on any atom is -0.478 e. The van der Waals surface area contributed by atoms with Crippen molar-refractivity contribution in [1.82, 2.24) is 9.88 Å². The maximum atomic E-state index is 12.0. The number of aryl methyl sites for hydroxylation is 2. The van der Waals surface area contributed by atoms with E-state index in [-0.39, 0.29) is 17.2 Å². The number of thioether (sulfide) groups is 1. The monoisotopic (exact) mass is 296 g/mol. The molecule has 0 saturated carbocycles. The molecule has 1 aromatic rings. The Labute approximate surface area is 123 Å². The van der Waals surface area contributed by atoms with Gasteiger partial charge in [0.15, 0.2) is 0 Å². The second-order valence-corrected chi connectivity index (χ2v) is 5.38. The standard InChI is InChI=1S/C14H20N2O3S/c1-5-16(6-2)11(17)8-20-13-12(14(18)19)9(3)7-10(4)15-13/h7H,5-6,8H2,1-4H3,(H,18,19). The Balaban J connectivity index is 2.92. The first-order valence-electron chi connectivity index (χ1n) is 6.52. The number of hydrogen-bond acceptors (Lipinski definition) is 4. The summed E-state index contributed by atoms with van der Waals surface area (Å²) in [5.41, 5.74) is 1.61. The van der Waals surface area contributed by atoms with E-state index in [0.717, 1.165) is 5.69 Å². The van der Waals surface area contributed by atoms with E-state index >= 15 is 0 Å². The molecule has 0 radical (unpaired) electrons. The summed E-state index contributed by atoms with van der Waals surface area (Å²) < 4.78 is 0. The molecular formula is C14H20N2O3S. The fraction of sp³-hybridized carbons (Fsp3) is 0.500. The summed E-state index contributed by atoms with van der Waals surface area (Å²) in [5.74, 6) is -0.803. The number of nitrogens with zero attached hydrogens (tertiary/aromatic N) is 2. The molecule has 1 aromatic heterocycles. The highest BCUT2D eigenvalue weighted by Gasteiger charge is 2.18. The summed E-state index contributed by atoms with van der Waals surface area (Å²) in [6.07, 6.45) is 0. The first-order chi connectivity index (χ1) is 9.40. The number of hydrogen-bond donors (Lipinski definition) is 1. The molecule has 20 heavy (non-hydrogen) atoms. The van der Waals surface area contributed by atoms with E-state index in [4.69, 9.17) is 0 Å². The second kappa shape index (κ2) is 7.28. The van der Waals surface area contributed by atoms with Crippen molar-refractivity contribution < 1.29 is 14.7 Å². The fourth-order valence-electron chi connectivity index (χ4n) is 1.96. The highest BCUT2D eigenvalue weighted by atomic mass is 32.2. The van der Waals surface area contributed by atoms with Crippen molar-refractivity contribution in [3.63, 3.8) is 0 Å². The van der Waals surface area contributed by atoms with E-state index < -0.39 is 5.97 Å². The zero-order chi connectivity index (χ0) is 15.3. The molecule has 0 aliphatic rings. The SMILES string of the molecule is CCN(CC)C(=O)CSc1nc(C)cc(C)c1C(=O)O. The smallest absolute Gasteiger partial charge is 0.338 e. The van der Waals surface area contributed by atoms with Crippen LogP contribution >= 0.6 is 11.8 Å². The van der Waals surface area contributed by atoms with Gasteiger partial charge in [-0.3, -0.25) is 4.79 Å². The number of carbonyl (C=O) groups excluding carboxylic acids is 1. The highest BCUT2D eigenvalue weighted by Crippen LogP contribution is 2.24. The van der Waals surface area contributed by atoms with Crippen LogP contribution in [0.3, 0.4) is 0 Å². The van der Waals surface area contributed by atoms with Crippen molar-refractivity contribution in [2.24, 2.45) is 0 Å². The lowest BCUT2D eigenvalue weighted by Crippen LogP contribution is -2.31. The Morgan fingerprint density at radius 1 is 1.30 bits per heavy atom. The van der Waals surface area contributed by atoms with Gasteiger partial charge in [-0.05, 0) is 39.3 Å². The van der Waals surface area contributed by atoms with Gasteiger partial charge in [-0.2, -0.15) is 0 Å². The molecule has 1 heterocycles. The minimum atomic E-state index is -1.01. The Morgan fingerprint density at radius 3 is 2.40 bits per heavy atom. The van der Waals surface area contributed by atoms with Crippen molar-refractivity contribution in [2.45, 2.75) is 32.7 Å². The van der Waals surface area contributed by atoms with Crippen molar-refractivity contribution in [2.75, 3.05) is 18.8 Å². The molecule has 0 bridgehead atoms. The normalized spacial score (nSPS) is 10.4. The first kappa shape index (κ1) is 16.5. The largest absolute Gasteiger partial charge is 0.478 e. The second-order valence-electron chi connectivity index (χ2n) is 4.42. The Bertz CT molecular complexity index is 513. The summed E-state index contributed by atoms with van der Waals surface area (Å²) in [6.45, 7) is 8.71. The summed E-state index contributed by atoms with van der Waals surface area (Å²) in [6, 6.07) is 1.74. The maximum absolute atomic E-state index is 12.0. The van der Waals surface area contributed by atoms with Crippen molar-refractivity contribution in [3.05, 3.63) is 22.9 Å². The van der Waals surface area contributed by atoms with Crippen LogP contribution in [0.15, 0.2) is 11.1 Å². The molecule has 1 rings (SSSR count). The third-order valence-electron chi connectivity index (χ3n) is 2.97. The van der Waals surface area contributed by atoms with E-state index in [1.807, 2.05) is 20.8 Å². The average molecular weight is 296 g/mol. The number of aromatic nitrogens is 1. The number of aromatic carboxylic acids is 1. The third kappa shape index (κ3) is 3.96. The summed E-state index contributed by atoms with van der Waals surface area (Å²) >= 11 is 1.19. The molecule has 5 nitrogen and oxygen atoms in total. The molecule has 0 aliphatic heterocycles. The van der Waals surface area contributed by atoms with E-state index in [9.17, 15) is 14.7 Å². The molecule has 1 N–H and O–H groups in total. The van der Waals surface area contributed by atoms with Crippen LogP contribution in [0.5, 0.6) is 0 Å². The van der Waals surface area contributed by atoms with Crippen LogP contribution in [-0.4, -0.2) is 45.7 Å². The van der Waals surface area contributed by atoms with Crippen LogP contribution < -0.4 is 0 Å². The number of carboxylic acids is 1. The van der Waals surface area contributed by atoms with Gasteiger partial charge in [0.1, 0.15) is 5.03 Å². The maximum Gasteiger partial charge on any atom is 0.338 e. The van der Waals surface area contributed by atoms with Crippen LogP contribution in [0.2, 0.25) is 0 Å². The van der Waals surface area contributed by atoms with Gasteiger partial charge in [0.2, 0.25) is 5.91 Å². The molecular weight excluding hydrogens is 276 g/mol. The number of carbonyl (C=O) groups is 2. The quantitative estimate of drug-likeness (QED) is 0.816. The van der Waals surface area contributed by atoms with Crippen molar-refractivity contribution in [1.29, 1.82) is 0 Å². The molecule has 0 aromatic carbocycles. The van der Waals surface area contributed by atoms with Gasteiger partial charge >= 0.3 is 5.97 Å². The van der Waals surface area contributed by atoms with Gasteiger partial charge in [0.25, 0.3) is 0 Å². The number of pyridine rings is 1. The lowest BCUT2D eigenvalue weighted by molar-refractivity contribution is -0.127. The lowest BCUT2D eigenvalue weighted by Gasteiger charge is -2.18. The van der Waals surface area contributed by atoms with Gasteiger partial charge in [-0.25, -0.2) is 9.78 Å². The van der Waals surface area contributed by atoms with Crippen molar-refractivity contribution in [3.8, 4) is 0 Å². The number of carboxylic acid groups (broad SMARTS) is 1. The average Bonchev–Trinajstić information content (AvgIpc) is 2.36. The predicted octanol–water partition coefficient (Wildman–Crippen LogP) is 2.36. The van der Waals surface area contributed by atoms with Gasteiger partial charge in [-0.1, -0.05) is 11.8 Å². The van der Waals surface area contributed by atoms with Crippen LogP contribution in [0.1, 0.15) is 35.5 Å². The first-order valence-corrected chi connectivity index (χ1v) is 7.51. The highest BCUT2D eigenvalue weighted by molar-refractivity contribution is 8.00. The molecule has 0 atom stereocenters. The zero-order valence-corrected chi connectivity index (χ0v) is 13.1. The Morgan fingerprint density at radius 2 is 1.90 bits per heavy atom. The van der Waals surface area contributed by atoms with Crippen LogP contribution in [-0.2, 0) is 4.79 Å². The summed E-state index contributed by atoms with van der Waals surface area (Å²) in [5, 5.41) is 9.67. The molecule has 1 amide bonds. The summed E-state index contributed by atoms with van der Waals surface area (Å²) in [4.78, 5) is 29.2. The number of rotatable bonds is 6. The molecule has 0 fully saturated rings. The topological polar surface area (TPSA) is 70.5 Å². The predicted molar refractivity (Wildman–Crippen MR) is 79.3 cm³/mol. The van der Waals surface area contributed by atoms with Gasteiger partial charge in [0, 0.05) is 18.8 Å². The Kier molecular flexibility index (Phi) is 6.01. The Hall–Kier alpha value is -1.56. The van der Waals surface area contributed by atoms with Crippen LogP contribution in [0.4, 0.5) is 0 Å².